The van der Waals surface area contributed by atoms with Gasteiger partial charge in [-0.05, 0) is 25.3 Å². The number of amides is 4. The van der Waals surface area contributed by atoms with Gasteiger partial charge >= 0.3 is 12.0 Å². The molecule has 1 saturated heterocycles. The van der Waals surface area contributed by atoms with E-state index in [0.29, 0.717) is 25.9 Å². The number of carbonyl (C=O) groups is 4. The number of hydrogen-bond acceptors (Lipinski definition) is 5. The summed E-state index contributed by atoms with van der Waals surface area (Å²) in [6.45, 7) is 1.83. The molecule has 1 aromatic carbocycles. The van der Waals surface area contributed by atoms with Crippen LogP contribution in [0.25, 0.3) is 0 Å². The number of nitrogens with zero attached hydrogens (tertiary/aromatic N) is 2. The van der Waals surface area contributed by atoms with Gasteiger partial charge in [0.15, 0.2) is 6.61 Å². The second-order valence-corrected chi connectivity index (χ2v) is 7.16. The predicted octanol–water partition coefficient (Wildman–Crippen LogP) is 1.44. The second kappa shape index (κ2) is 8.41. The summed E-state index contributed by atoms with van der Waals surface area (Å²) in [5.74, 6) is -1.48. The molecule has 1 saturated carbocycles. The molecule has 0 aromatic heterocycles. The van der Waals surface area contributed by atoms with Gasteiger partial charge in [-0.3, -0.25) is 19.3 Å². The Balaban J connectivity index is 1.50. The summed E-state index contributed by atoms with van der Waals surface area (Å²) in [6, 6.07) is 8.94. The molecule has 1 spiro atoms. The van der Waals surface area contributed by atoms with E-state index >= 15 is 0 Å². The highest BCUT2D eigenvalue weighted by atomic mass is 16.5. The highest BCUT2D eigenvalue weighted by molar-refractivity contribution is 6.08. The minimum atomic E-state index is -0.859. The Morgan fingerprint density at radius 3 is 2.50 bits per heavy atom. The van der Waals surface area contributed by atoms with Crippen LogP contribution in [0.2, 0.25) is 0 Å². The normalized spacial score (nSPS) is 17.7. The molecular weight excluding hydrogens is 362 g/mol. The number of carbonyl (C=O) groups excluding carboxylic acids is 4. The van der Waals surface area contributed by atoms with Gasteiger partial charge in [-0.2, -0.15) is 0 Å². The van der Waals surface area contributed by atoms with Gasteiger partial charge in [0.2, 0.25) is 0 Å². The van der Waals surface area contributed by atoms with Gasteiger partial charge in [0.1, 0.15) is 12.1 Å². The van der Waals surface area contributed by atoms with Crippen molar-refractivity contribution in [1.29, 1.82) is 0 Å². The Hall–Kier alpha value is -2.90. The van der Waals surface area contributed by atoms with Crippen LogP contribution in [0.5, 0.6) is 0 Å². The van der Waals surface area contributed by atoms with Crippen molar-refractivity contribution in [2.24, 2.45) is 0 Å². The molecule has 0 unspecified atom stereocenters. The van der Waals surface area contributed by atoms with E-state index in [9.17, 15) is 19.2 Å². The number of esters is 1. The van der Waals surface area contributed by atoms with E-state index < -0.39 is 30.7 Å². The lowest BCUT2D eigenvalue weighted by Gasteiger charge is -2.21. The first-order valence-corrected chi connectivity index (χ1v) is 9.56. The van der Waals surface area contributed by atoms with Crippen LogP contribution in [0.15, 0.2) is 30.3 Å². The summed E-state index contributed by atoms with van der Waals surface area (Å²) < 4.78 is 5.03. The van der Waals surface area contributed by atoms with E-state index in [1.165, 1.54) is 0 Å². The molecule has 8 nitrogen and oxygen atoms in total. The zero-order chi connectivity index (χ0) is 20.1. The average molecular weight is 387 g/mol. The molecule has 0 atom stereocenters. The molecule has 3 rings (SSSR count). The van der Waals surface area contributed by atoms with Gasteiger partial charge in [0.25, 0.3) is 11.8 Å². The van der Waals surface area contributed by atoms with E-state index in [2.05, 4.69) is 5.32 Å². The van der Waals surface area contributed by atoms with Crippen LogP contribution < -0.4 is 5.32 Å². The van der Waals surface area contributed by atoms with Gasteiger partial charge < -0.3 is 15.0 Å². The summed E-state index contributed by atoms with van der Waals surface area (Å²) in [5, 5.41) is 2.71. The molecule has 28 heavy (non-hydrogen) atoms. The molecule has 150 valence electrons. The molecule has 0 bridgehead atoms. The Bertz CT molecular complexity index is 758. The van der Waals surface area contributed by atoms with Crippen LogP contribution in [0, 0.1) is 0 Å². The van der Waals surface area contributed by atoms with Gasteiger partial charge in [-0.1, -0.05) is 43.2 Å². The van der Waals surface area contributed by atoms with Crippen LogP contribution in [0.4, 0.5) is 4.79 Å². The van der Waals surface area contributed by atoms with Gasteiger partial charge in [-0.25, -0.2) is 4.79 Å². The monoisotopic (exact) mass is 387 g/mol. The number of rotatable bonds is 7. The lowest BCUT2D eigenvalue weighted by molar-refractivity contribution is -0.154. The predicted molar refractivity (Wildman–Crippen MR) is 99.9 cm³/mol. The fraction of sp³-hybridized carbons (Fsp3) is 0.500. The zero-order valence-corrected chi connectivity index (χ0v) is 16.0. The Morgan fingerprint density at radius 2 is 1.86 bits per heavy atom. The average Bonchev–Trinajstić information content (AvgIpc) is 3.25. The molecule has 1 aliphatic carbocycles. The number of nitrogens with one attached hydrogen (secondary N) is 1. The smallest absolute Gasteiger partial charge is 0.326 e. The highest BCUT2D eigenvalue weighted by Crippen LogP contribution is 2.34. The third-order valence-electron chi connectivity index (χ3n) is 5.30. The summed E-state index contributed by atoms with van der Waals surface area (Å²) in [7, 11) is 0. The van der Waals surface area contributed by atoms with Crippen molar-refractivity contribution in [3.63, 3.8) is 0 Å². The Kier molecular flexibility index (Phi) is 5.96. The van der Waals surface area contributed by atoms with Gasteiger partial charge in [-0.15, -0.1) is 0 Å². The lowest BCUT2D eigenvalue weighted by Crippen LogP contribution is -2.44. The van der Waals surface area contributed by atoms with Crippen LogP contribution in [-0.4, -0.2) is 58.8 Å². The Morgan fingerprint density at radius 1 is 1.18 bits per heavy atom. The number of ether oxygens (including phenoxy) is 1. The van der Waals surface area contributed by atoms with Crippen molar-refractivity contribution < 1.29 is 23.9 Å². The van der Waals surface area contributed by atoms with Crippen molar-refractivity contribution in [3.8, 4) is 0 Å². The topological polar surface area (TPSA) is 96.0 Å². The first-order valence-electron chi connectivity index (χ1n) is 9.56. The van der Waals surface area contributed by atoms with Crippen LogP contribution in [0.3, 0.4) is 0 Å². The summed E-state index contributed by atoms with van der Waals surface area (Å²) in [5.41, 5.74) is 0.118. The largest absolute Gasteiger partial charge is 0.454 e. The van der Waals surface area contributed by atoms with Crippen LogP contribution in [0.1, 0.15) is 38.2 Å². The van der Waals surface area contributed by atoms with Crippen LogP contribution in [-0.2, 0) is 25.7 Å². The summed E-state index contributed by atoms with van der Waals surface area (Å²) in [4.78, 5) is 51.5. The zero-order valence-electron chi connectivity index (χ0n) is 16.0. The molecule has 2 aliphatic rings. The van der Waals surface area contributed by atoms with Crippen molar-refractivity contribution in [3.05, 3.63) is 35.9 Å². The molecule has 4 amide bonds. The quantitative estimate of drug-likeness (QED) is 0.564. The third-order valence-corrected chi connectivity index (χ3v) is 5.30. The van der Waals surface area contributed by atoms with E-state index in [1.807, 2.05) is 37.3 Å². The lowest BCUT2D eigenvalue weighted by atomic mass is 9.98. The molecule has 1 aromatic rings. The first kappa shape index (κ1) is 19.9. The van der Waals surface area contributed by atoms with Crippen molar-refractivity contribution in [2.45, 2.75) is 44.7 Å². The second-order valence-electron chi connectivity index (χ2n) is 7.16. The summed E-state index contributed by atoms with van der Waals surface area (Å²) in [6.07, 6.45) is 2.92. The summed E-state index contributed by atoms with van der Waals surface area (Å²) >= 11 is 0. The first-order chi connectivity index (χ1) is 13.4. The van der Waals surface area contributed by atoms with Gasteiger partial charge in [0.05, 0.1) is 0 Å². The molecule has 2 fully saturated rings. The standard InChI is InChI=1S/C20H25N3O5/c1-2-22(12-15-8-4-3-5-9-15)16(24)14-28-17(25)13-23-18(26)20(21-19(23)27)10-6-7-11-20/h3-5,8-9H,2,6-7,10-14H2,1H3,(H,21,27). The maximum atomic E-state index is 12.5. The van der Waals surface area contributed by atoms with Gasteiger partial charge in [0, 0.05) is 13.1 Å². The van der Waals surface area contributed by atoms with E-state index in [4.69, 9.17) is 4.74 Å². The van der Waals surface area contributed by atoms with E-state index in [0.717, 1.165) is 23.3 Å². The number of imide groups is 1. The van der Waals surface area contributed by atoms with Crippen molar-refractivity contribution >= 4 is 23.8 Å². The number of likely N-dealkylation sites (N-methyl/N-ethyl adjacent to an activating group) is 1. The third kappa shape index (κ3) is 4.16. The van der Waals surface area contributed by atoms with E-state index in [1.54, 1.807) is 4.90 Å². The minimum absolute atomic E-state index is 0.329. The van der Waals surface area contributed by atoms with Crippen molar-refractivity contribution in [2.75, 3.05) is 19.7 Å². The maximum Gasteiger partial charge on any atom is 0.326 e. The number of urea groups is 1. The van der Waals surface area contributed by atoms with E-state index in [-0.39, 0.29) is 11.8 Å². The van der Waals surface area contributed by atoms with Crippen molar-refractivity contribution in [1.82, 2.24) is 15.1 Å². The highest BCUT2D eigenvalue weighted by Gasteiger charge is 2.52. The fourth-order valence-corrected chi connectivity index (χ4v) is 3.73. The Labute approximate surface area is 163 Å². The number of benzene rings is 1. The SMILES string of the molecule is CCN(Cc1ccccc1)C(=O)COC(=O)CN1C(=O)NC2(CCCC2)C1=O. The van der Waals surface area contributed by atoms with Crippen LogP contribution >= 0.6 is 0 Å². The maximum absolute atomic E-state index is 12.5. The molecule has 0 radical (unpaired) electrons. The molecule has 1 N–H and O–H groups in total. The molecular formula is C20H25N3O5. The molecule has 8 heteroatoms. The fourth-order valence-electron chi connectivity index (χ4n) is 3.73. The molecule has 1 heterocycles. The molecule has 1 aliphatic heterocycles. The number of hydrogen-bond donors (Lipinski definition) is 1. The minimum Gasteiger partial charge on any atom is -0.454 e.